The SMILES string of the molecule is C[C@@H]1CCCN(c2ccc([C@H](C)NC(=O)c3cccc(N(C)S(C)(=O)=O)c3)cc2)C1. The van der Waals surface area contributed by atoms with E-state index in [9.17, 15) is 13.2 Å². The van der Waals surface area contributed by atoms with Crippen LogP contribution in [0.5, 0.6) is 0 Å². The number of hydrogen-bond acceptors (Lipinski definition) is 4. The number of hydrogen-bond donors (Lipinski definition) is 1. The van der Waals surface area contributed by atoms with Gasteiger partial charge in [-0.05, 0) is 61.6 Å². The zero-order chi connectivity index (χ0) is 21.9. The third-order valence-corrected chi connectivity index (χ3v) is 6.94. The van der Waals surface area contributed by atoms with E-state index >= 15 is 0 Å². The van der Waals surface area contributed by atoms with Crippen molar-refractivity contribution in [3.63, 3.8) is 0 Å². The Morgan fingerprint density at radius 3 is 2.53 bits per heavy atom. The van der Waals surface area contributed by atoms with Gasteiger partial charge in [0.25, 0.3) is 5.91 Å². The highest BCUT2D eigenvalue weighted by atomic mass is 32.2. The van der Waals surface area contributed by atoms with Gasteiger partial charge in [0, 0.05) is 31.4 Å². The maximum absolute atomic E-state index is 12.7. The lowest BCUT2D eigenvalue weighted by Gasteiger charge is -2.33. The van der Waals surface area contributed by atoms with E-state index in [0.29, 0.717) is 17.2 Å². The quantitative estimate of drug-likeness (QED) is 0.758. The summed E-state index contributed by atoms with van der Waals surface area (Å²) >= 11 is 0. The highest BCUT2D eigenvalue weighted by molar-refractivity contribution is 7.92. The van der Waals surface area contributed by atoms with Gasteiger partial charge in [-0.15, -0.1) is 0 Å². The van der Waals surface area contributed by atoms with Gasteiger partial charge in [-0.2, -0.15) is 0 Å². The molecule has 2 atom stereocenters. The number of piperidine rings is 1. The molecule has 0 aliphatic carbocycles. The van der Waals surface area contributed by atoms with Crippen molar-refractivity contribution in [3.05, 3.63) is 59.7 Å². The van der Waals surface area contributed by atoms with Gasteiger partial charge in [0.15, 0.2) is 0 Å². The minimum Gasteiger partial charge on any atom is -0.371 e. The lowest BCUT2D eigenvalue weighted by Crippen LogP contribution is -2.34. The molecule has 2 aromatic rings. The van der Waals surface area contributed by atoms with Gasteiger partial charge in [-0.25, -0.2) is 8.42 Å². The molecule has 0 radical (unpaired) electrons. The molecule has 0 spiro atoms. The number of benzene rings is 2. The Morgan fingerprint density at radius 1 is 1.20 bits per heavy atom. The van der Waals surface area contributed by atoms with Crippen LogP contribution in [-0.4, -0.2) is 40.7 Å². The summed E-state index contributed by atoms with van der Waals surface area (Å²) in [4.78, 5) is 15.1. The number of rotatable bonds is 6. The molecule has 162 valence electrons. The van der Waals surface area contributed by atoms with Crippen molar-refractivity contribution in [2.24, 2.45) is 5.92 Å². The van der Waals surface area contributed by atoms with Crippen LogP contribution in [0.15, 0.2) is 48.5 Å². The van der Waals surface area contributed by atoms with E-state index in [4.69, 9.17) is 0 Å². The van der Waals surface area contributed by atoms with Gasteiger partial charge in [-0.1, -0.05) is 25.1 Å². The van der Waals surface area contributed by atoms with Crippen LogP contribution in [0.1, 0.15) is 48.7 Å². The van der Waals surface area contributed by atoms with Crippen LogP contribution in [-0.2, 0) is 10.0 Å². The van der Waals surface area contributed by atoms with Gasteiger partial charge < -0.3 is 10.2 Å². The fourth-order valence-electron chi connectivity index (χ4n) is 3.80. The molecule has 0 saturated carbocycles. The topological polar surface area (TPSA) is 69.7 Å². The highest BCUT2D eigenvalue weighted by Crippen LogP contribution is 2.25. The Balaban J connectivity index is 1.67. The largest absolute Gasteiger partial charge is 0.371 e. The Hall–Kier alpha value is -2.54. The van der Waals surface area contributed by atoms with Crippen LogP contribution in [0.4, 0.5) is 11.4 Å². The Kier molecular flexibility index (Phi) is 6.71. The summed E-state index contributed by atoms with van der Waals surface area (Å²) < 4.78 is 24.7. The number of anilines is 2. The van der Waals surface area contributed by atoms with Crippen LogP contribution in [0.3, 0.4) is 0 Å². The maximum Gasteiger partial charge on any atom is 0.251 e. The second-order valence-corrected chi connectivity index (χ2v) is 10.3. The molecule has 1 fully saturated rings. The first kappa shape index (κ1) is 22.2. The smallest absolute Gasteiger partial charge is 0.251 e. The van der Waals surface area contributed by atoms with E-state index in [1.54, 1.807) is 24.3 Å². The molecule has 1 aliphatic rings. The lowest BCUT2D eigenvalue weighted by atomic mass is 9.99. The third kappa shape index (κ3) is 5.33. The van der Waals surface area contributed by atoms with E-state index in [0.717, 1.165) is 29.2 Å². The Labute approximate surface area is 179 Å². The molecule has 1 N–H and O–H groups in total. The van der Waals surface area contributed by atoms with Crippen molar-refractivity contribution in [1.82, 2.24) is 5.32 Å². The molecule has 1 aliphatic heterocycles. The molecule has 1 heterocycles. The summed E-state index contributed by atoms with van der Waals surface area (Å²) in [7, 11) is -1.91. The molecule has 0 unspecified atom stereocenters. The standard InChI is InChI=1S/C23H31N3O3S/c1-17-7-6-14-26(16-17)21-12-10-19(11-13-21)18(2)24-23(27)20-8-5-9-22(15-20)25(3)30(4,28)29/h5,8-13,15,17-18H,6-7,14,16H2,1-4H3,(H,24,27)/t17-,18+/m1/s1. The number of sulfonamides is 1. The molecular weight excluding hydrogens is 398 g/mol. The summed E-state index contributed by atoms with van der Waals surface area (Å²) in [5, 5.41) is 3.00. The van der Waals surface area contributed by atoms with Gasteiger partial charge in [0.1, 0.15) is 0 Å². The first-order chi connectivity index (χ1) is 14.1. The predicted octanol–water partition coefficient (Wildman–Crippen LogP) is 3.81. The minimum absolute atomic E-state index is 0.164. The molecule has 0 aromatic heterocycles. The zero-order valence-electron chi connectivity index (χ0n) is 18.1. The highest BCUT2D eigenvalue weighted by Gasteiger charge is 2.18. The number of carbonyl (C=O) groups is 1. The van der Waals surface area contributed by atoms with Crippen LogP contribution in [0.25, 0.3) is 0 Å². The normalized spacial score (nSPS) is 18.0. The van der Waals surface area contributed by atoms with Crippen LogP contribution in [0.2, 0.25) is 0 Å². The summed E-state index contributed by atoms with van der Waals surface area (Å²) in [6, 6.07) is 14.8. The van der Waals surface area contributed by atoms with E-state index in [1.807, 2.05) is 6.92 Å². The van der Waals surface area contributed by atoms with E-state index in [2.05, 4.69) is 41.4 Å². The van der Waals surface area contributed by atoms with E-state index in [-0.39, 0.29) is 11.9 Å². The van der Waals surface area contributed by atoms with Crippen molar-refractivity contribution in [2.75, 3.05) is 35.6 Å². The number of nitrogens with zero attached hydrogens (tertiary/aromatic N) is 2. The second-order valence-electron chi connectivity index (χ2n) is 8.26. The lowest BCUT2D eigenvalue weighted by molar-refractivity contribution is 0.0940. The molecule has 7 heteroatoms. The fourth-order valence-corrected chi connectivity index (χ4v) is 4.29. The first-order valence-corrected chi connectivity index (χ1v) is 12.2. The van der Waals surface area contributed by atoms with Gasteiger partial charge >= 0.3 is 0 Å². The zero-order valence-corrected chi connectivity index (χ0v) is 18.9. The minimum atomic E-state index is -3.38. The predicted molar refractivity (Wildman–Crippen MR) is 123 cm³/mol. The average molecular weight is 430 g/mol. The summed E-state index contributed by atoms with van der Waals surface area (Å²) in [5.41, 5.74) is 3.13. The first-order valence-electron chi connectivity index (χ1n) is 10.3. The van der Waals surface area contributed by atoms with Gasteiger partial charge in [0.2, 0.25) is 10.0 Å². The number of nitrogens with one attached hydrogen (secondary N) is 1. The molecule has 1 saturated heterocycles. The van der Waals surface area contributed by atoms with Crippen molar-refractivity contribution in [2.45, 2.75) is 32.7 Å². The molecule has 0 bridgehead atoms. The van der Waals surface area contributed by atoms with Gasteiger partial charge in [0.05, 0.1) is 18.0 Å². The van der Waals surface area contributed by atoms with E-state index < -0.39 is 10.0 Å². The summed E-state index contributed by atoms with van der Waals surface area (Å²) in [6.07, 6.45) is 3.65. The van der Waals surface area contributed by atoms with Crippen molar-refractivity contribution in [3.8, 4) is 0 Å². The van der Waals surface area contributed by atoms with Crippen LogP contribution < -0.4 is 14.5 Å². The molecular formula is C23H31N3O3S. The summed E-state index contributed by atoms with van der Waals surface area (Å²) in [6.45, 7) is 6.42. The molecule has 3 rings (SSSR count). The van der Waals surface area contributed by atoms with Gasteiger partial charge in [-0.3, -0.25) is 9.10 Å². The van der Waals surface area contributed by atoms with Crippen molar-refractivity contribution in [1.29, 1.82) is 0 Å². The Bertz CT molecular complexity index is 989. The monoisotopic (exact) mass is 429 g/mol. The van der Waals surface area contributed by atoms with Crippen LogP contribution in [0, 0.1) is 5.92 Å². The van der Waals surface area contributed by atoms with Crippen molar-refractivity contribution < 1.29 is 13.2 Å². The number of amides is 1. The Morgan fingerprint density at radius 2 is 1.90 bits per heavy atom. The van der Waals surface area contributed by atoms with E-state index in [1.165, 1.54) is 25.6 Å². The molecule has 1 amide bonds. The summed E-state index contributed by atoms with van der Waals surface area (Å²) in [5.74, 6) is 0.481. The molecule has 30 heavy (non-hydrogen) atoms. The average Bonchev–Trinajstić information content (AvgIpc) is 2.72. The molecule has 2 aromatic carbocycles. The second kappa shape index (κ2) is 9.08. The fraction of sp³-hybridized carbons (Fsp3) is 0.435. The van der Waals surface area contributed by atoms with Crippen LogP contribution >= 0.6 is 0 Å². The maximum atomic E-state index is 12.7. The van der Waals surface area contributed by atoms with Crippen molar-refractivity contribution >= 4 is 27.3 Å². The molecule has 6 nitrogen and oxygen atoms in total. The number of carbonyl (C=O) groups excluding carboxylic acids is 1. The third-order valence-electron chi connectivity index (χ3n) is 5.73.